The van der Waals surface area contributed by atoms with Crippen molar-refractivity contribution < 1.29 is 27.5 Å². The fourth-order valence-electron chi connectivity index (χ4n) is 4.88. The molecular formula is C25H35N5O6S. The molecule has 11 nitrogen and oxygen atoms in total. The molecule has 2 saturated heterocycles. The highest BCUT2D eigenvalue weighted by Crippen LogP contribution is 2.30. The molecule has 2 aliphatic rings. The molecule has 2 aliphatic heterocycles. The van der Waals surface area contributed by atoms with Crippen LogP contribution in [-0.2, 0) is 26.6 Å². The Morgan fingerprint density at radius 3 is 2.49 bits per heavy atom. The minimum atomic E-state index is -4.02. The van der Waals surface area contributed by atoms with Gasteiger partial charge in [0.1, 0.15) is 5.75 Å². The van der Waals surface area contributed by atoms with E-state index in [0.717, 1.165) is 11.4 Å². The van der Waals surface area contributed by atoms with Gasteiger partial charge in [-0.2, -0.15) is 9.40 Å². The Hall–Kier alpha value is -3.12. The standard InChI is InChI=1S/C25H35N5O6S/c1-4-35-22-11-7-6-10-21(22)28-13-15-30(16-14-28)37(33,34)23-20(18-27(3)26-23)24(31)29-12-8-9-19(17-29)25(32)36-5-2/h6-7,10-11,18-19H,4-5,8-9,12-17H2,1-3H3/t19-/m0/s1. The number of amides is 1. The van der Waals surface area contributed by atoms with E-state index in [4.69, 9.17) is 9.47 Å². The number of carbonyl (C=O) groups excluding carboxylic acids is 2. The Morgan fingerprint density at radius 2 is 1.78 bits per heavy atom. The first kappa shape index (κ1) is 26.9. The van der Waals surface area contributed by atoms with Crippen molar-refractivity contribution in [1.29, 1.82) is 0 Å². The number of ether oxygens (including phenoxy) is 2. The van der Waals surface area contributed by atoms with Crippen LogP contribution in [0.1, 0.15) is 37.0 Å². The molecule has 0 spiro atoms. The van der Waals surface area contributed by atoms with E-state index in [2.05, 4.69) is 10.00 Å². The molecule has 12 heteroatoms. The first-order valence-electron chi connectivity index (χ1n) is 12.7. The fourth-order valence-corrected chi connectivity index (χ4v) is 6.42. The van der Waals surface area contributed by atoms with E-state index in [1.165, 1.54) is 20.1 Å². The summed E-state index contributed by atoms with van der Waals surface area (Å²) in [5.41, 5.74) is 0.951. The number of anilines is 1. The normalized spacial score (nSPS) is 19.1. The number of hydrogen-bond acceptors (Lipinski definition) is 8. The van der Waals surface area contributed by atoms with Crippen LogP contribution in [0.2, 0.25) is 0 Å². The molecule has 2 fully saturated rings. The summed E-state index contributed by atoms with van der Waals surface area (Å²) in [6, 6.07) is 7.71. The summed E-state index contributed by atoms with van der Waals surface area (Å²) in [6.07, 6.45) is 2.72. The molecule has 202 valence electrons. The van der Waals surface area contributed by atoms with Crippen molar-refractivity contribution in [1.82, 2.24) is 19.0 Å². The lowest BCUT2D eigenvalue weighted by molar-refractivity contribution is -0.149. The van der Waals surface area contributed by atoms with E-state index < -0.39 is 21.8 Å². The van der Waals surface area contributed by atoms with Crippen molar-refractivity contribution in [2.24, 2.45) is 13.0 Å². The molecule has 1 atom stereocenters. The lowest BCUT2D eigenvalue weighted by Gasteiger charge is -2.36. The molecule has 0 aliphatic carbocycles. The van der Waals surface area contributed by atoms with Gasteiger partial charge in [0.2, 0.25) is 5.03 Å². The van der Waals surface area contributed by atoms with Gasteiger partial charge in [-0.1, -0.05) is 12.1 Å². The van der Waals surface area contributed by atoms with Gasteiger partial charge in [-0.25, -0.2) is 8.42 Å². The van der Waals surface area contributed by atoms with Crippen molar-refractivity contribution in [3.63, 3.8) is 0 Å². The molecule has 1 aromatic heterocycles. The largest absolute Gasteiger partial charge is 0.492 e. The molecular weight excluding hydrogens is 498 g/mol. The number of aryl methyl sites for hydroxylation is 1. The number of esters is 1. The van der Waals surface area contributed by atoms with Gasteiger partial charge in [0.15, 0.2) is 0 Å². The van der Waals surface area contributed by atoms with Crippen LogP contribution in [0.25, 0.3) is 0 Å². The highest BCUT2D eigenvalue weighted by Gasteiger charge is 2.37. The maximum Gasteiger partial charge on any atom is 0.310 e. The summed E-state index contributed by atoms with van der Waals surface area (Å²) in [5.74, 6) is -0.420. The van der Waals surface area contributed by atoms with Gasteiger partial charge in [-0.15, -0.1) is 0 Å². The highest BCUT2D eigenvalue weighted by molar-refractivity contribution is 7.89. The number of likely N-dealkylation sites (tertiary alicyclic amines) is 1. The lowest BCUT2D eigenvalue weighted by Crippen LogP contribution is -2.49. The third kappa shape index (κ3) is 5.74. The van der Waals surface area contributed by atoms with E-state index in [9.17, 15) is 18.0 Å². The van der Waals surface area contributed by atoms with E-state index in [1.807, 2.05) is 31.2 Å². The Bertz CT molecular complexity index is 1220. The van der Waals surface area contributed by atoms with Crippen LogP contribution in [0.4, 0.5) is 5.69 Å². The third-order valence-electron chi connectivity index (χ3n) is 6.68. The zero-order valence-corrected chi connectivity index (χ0v) is 22.4. The topological polar surface area (TPSA) is 114 Å². The Labute approximate surface area is 218 Å². The average molecular weight is 534 g/mol. The second-order valence-corrected chi connectivity index (χ2v) is 11.0. The maximum atomic E-state index is 13.6. The van der Waals surface area contributed by atoms with Gasteiger partial charge in [-0.3, -0.25) is 14.3 Å². The summed E-state index contributed by atoms with van der Waals surface area (Å²) in [7, 11) is -2.42. The van der Waals surface area contributed by atoms with E-state index in [-0.39, 0.29) is 42.8 Å². The predicted molar refractivity (Wildman–Crippen MR) is 137 cm³/mol. The van der Waals surface area contributed by atoms with Crippen LogP contribution in [0.5, 0.6) is 5.75 Å². The van der Waals surface area contributed by atoms with Gasteiger partial charge in [0, 0.05) is 52.5 Å². The van der Waals surface area contributed by atoms with Gasteiger partial charge >= 0.3 is 5.97 Å². The molecule has 0 saturated carbocycles. The number of rotatable bonds is 8. The van der Waals surface area contributed by atoms with Gasteiger partial charge in [0.05, 0.1) is 30.4 Å². The average Bonchev–Trinajstić information content (AvgIpc) is 3.31. The zero-order chi connectivity index (χ0) is 26.6. The summed E-state index contributed by atoms with van der Waals surface area (Å²) in [4.78, 5) is 29.3. The zero-order valence-electron chi connectivity index (χ0n) is 21.6. The molecule has 0 unspecified atom stereocenters. The number of nitrogens with zero attached hydrogens (tertiary/aromatic N) is 5. The van der Waals surface area contributed by atoms with Crippen LogP contribution < -0.4 is 9.64 Å². The van der Waals surface area contributed by atoms with E-state index >= 15 is 0 Å². The number of sulfonamides is 1. The van der Waals surface area contributed by atoms with Crippen LogP contribution in [0, 0.1) is 5.92 Å². The van der Waals surface area contributed by atoms with Crippen molar-refractivity contribution in [2.75, 3.05) is 57.4 Å². The van der Waals surface area contributed by atoms with Crippen LogP contribution in [0.3, 0.4) is 0 Å². The summed E-state index contributed by atoms with van der Waals surface area (Å²) in [5, 5.41) is 3.94. The van der Waals surface area contributed by atoms with Crippen LogP contribution in [-0.4, -0.2) is 91.8 Å². The highest BCUT2D eigenvalue weighted by atomic mass is 32.2. The quantitative estimate of drug-likeness (QED) is 0.472. The van der Waals surface area contributed by atoms with Crippen molar-refractivity contribution in [2.45, 2.75) is 31.7 Å². The minimum Gasteiger partial charge on any atom is -0.492 e. The molecule has 3 heterocycles. The Balaban J connectivity index is 1.50. The monoisotopic (exact) mass is 533 g/mol. The number of carbonyl (C=O) groups is 2. The summed E-state index contributed by atoms with van der Waals surface area (Å²) < 4.78 is 40.9. The smallest absolute Gasteiger partial charge is 0.310 e. The van der Waals surface area contributed by atoms with Crippen molar-refractivity contribution in [3.8, 4) is 5.75 Å². The molecule has 0 bridgehead atoms. The van der Waals surface area contributed by atoms with Gasteiger partial charge < -0.3 is 19.3 Å². The number of aromatic nitrogens is 2. The second-order valence-electron chi connectivity index (χ2n) is 9.16. The van der Waals surface area contributed by atoms with Crippen molar-refractivity contribution in [3.05, 3.63) is 36.0 Å². The number of para-hydroxylation sites is 2. The predicted octanol–water partition coefficient (Wildman–Crippen LogP) is 1.75. The lowest BCUT2D eigenvalue weighted by atomic mass is 9.98. The van der Waals surface area contributed by atoms with Crippen molar-refractivity contribution >= 4 is 27.6 Å². The third-order valence-corrected chi connectivity index (χ3v) is 8.52. The first-order chi connectivity index (χ1) is 17.8. The maximum absolute atomic E-state index is 13.6. The second kappa shape index (κ2) is 11.5. The number of piperidine rings is 1. The van der Waals surface area contributed by atoms with Crippen LogP contribution >= 0.6 is 0 Å². The van der Waals surface area contributed by atoms with Gasteiger partial charge in [-0.05, 0) is 38.8 Å². The molecule has 37 heavy (non-hydrogen) atoms. The molecule has 2 aromatic rings. The molecule has 1 amide bonds. The fraction of sp³-hybridized carbons (Fsp3) is 0.560. The Morgan fingerprint density at radius 1 is 1.05 bits per heavy atom. The molecule has 0 radical (unpaired) electrons. The first-order valence-corrected chi connectivity index (χ1v) is 14.2. The molecule has 4 rings (SSSR count). The van der Waals surface area contributed by atoms with Crippen LogP contribution in [0.15, 0.2) is 35.5 Å². The van der Waals surface area contributed by atoms with E-state index in [0.29, 0.717) is 39.1 Å². The minimum absolute atomic E-state index is 0.0242. The summed E-state index contributed by atoms with van der Waals surface area (Å²) in [6.45, 7) is 6.59. The number of piperazine rings is 1. The molecule has 0 N–H and O–H groups in total. The summed E-state index contributed by atoms with van der Waals surface area (Å²) >= 11 is 0. The number of benzene rings is 1. The van der Waals surface area contributed by atoms with E-state index in [1.54, 1.807) is 14.0 Å². The SMILES string of the molecule is CCOC(=O)[C@H]1CCCN(C(=O)c2cn(C)nc2S(=O)(=O)N2CCN(c3ccccc3OCC)CC2)C1. The van der Waals surface area contributed by atoms with Gasteiger partial charge in [0.25, 0.3) is 15.9 Å². The Kier molecular flexibility index (Phi) is 8.38. The number of hydrogen-bond donors (Lipinski definition) is 0. The molecule has 1 aromatic carbocycles.